The van der Waals surface area contributed by atoms with Gasteiger partial charge in [0, 0.05) is 6.07 Å². The zero-order chi connectivity index (χ0) is 35.3. The number of nitrogens with two attached hydrogens (primary N) is 2. The summed E-state index contributed by atoms with van der Waals surface area (Å²) in [4.78, 5) is -4.04. The van der Waals surface area contributed by atoms with E-state index in [4.69, 9.17) is 16.2 Å². The van der Waals surface area contributed by atoms with Gasteiger partial charge in [0.25, 0.3) is 40.5 Å². The van der Waals surface area contributed by atoms with Crippen molar-refractivity contribution in [1.82, 2.24) is 0 Å². The fourth-order valence-electron chi connectivity index (χ4n) is 4.10. The molecule has 0 aliphatic rings. The number of azo groups is 2. The topological polar surface area (TPSA) is 348 Å². The molecular formula is C23H20N6O14S4. The van der Waals surface area contributed by atoms with Crippen molar-refractivity contribution in [3.8, 4) is 11.5 Å². The first kappa shape index (κ1) is 35.0. The molecule has 0 aliphatic carbocycles. The van der Waals surface area contributed by atoms with Crippen molar-refractivity contribution in [2.24, 2.45) is 20.5 Å². The normalized spacial score (nSPS) is 13.1. The molecule has 0 aliphatic heterocycles. The lowest BCUT2D eigenvalue weighted by atomic mass is 10.1. The minimum absolute atomic E-state index is 0.170. The van der Waals surface area contributed by atoms with Gasteiger partial charge in [-0.2, -0.15) is 33.7 Å². The molecule has 0 saturated carbocycles. The molecule has 20 nitrogen and oxygen atoms in total. The van der Waals surface area contributed by atoms with Crippen LogP contribution < -0.4 is 16.2 Å². The molecule has 24 heteroatoms. The van der Waals surface area contributed by atoms with E-state index >= 15 is 0 Å². The van der Waals surface area contributed by atoms with Gasteiger partial charge in [-0.25, -0.2) is 0 Å². The number of fused-ring (bicyclic) bond motifs is 1. The highest BCUT2D eigenvalue weighted by Gasteiger charge is 2.28. The molecule has 0 amide bonds. The van der Waals surface area contributed by atoms with Gasteiger partial charge in [-0.05, 0) is 35.7 Å². The molecule has 0 bridgehead atoms. The third kappa shape index (κ3) is 7.13. The second kappa shape index (κ2) is 12.1. The SMILES string of the molecule is COc1cc(N=Nc2c(S(=O)(=O)O)cc3cc(S(=O)(=O)O)c(N=Nc4ccccc4S(=O)(=O)O)c(N)c3c2O)c(S(=O)(=O)O)cc1N. The van der Waals surface area contributed by atoms with Crippen LogP contribution in [-0.4, -0.2) is 64.1 Å². The number of ether oxygens (including phenoxy) is 1. The number of phenols is 1. The van der Waals surface area contributed by atoms with Gasteiger partial charge in [0.15, 0.2) is 5.75 Å². The van der Waals surface area contributed by atoms with Crippen LogP contribution in [-0.2, 0) is 40.5 Å². The summed E-state index contributed by atoms with van der Waals surface area (Å²) in [5.74, 6) is -1.39. The molecule has 0 heterocycles. The molecule has 0 spiro atoms. The largest absolute Gasteiger partial charge is 0.505 e. The van der Waals surface area contributed by atoms with Gasteiger partial charge < -0.3 is 21.3 Å². The van der Waals surface area contributed by atoms with E-state index in [9.17, 15) is 57.0 Å². The molecule has 9 N–H and O–H groups in total. The van der Waals surface area contributed by atoms with Crippen LogP contribution in [0.3, 0.4) is 0 Å². The highest BCUT2D eigenvalue weighted by molar-refractivity contribution is 7.86. The fraction of sp³-hybridized carbons (Fsp3) is 0.0435. The molecule has 0 aromatic heterocycles. The number of hydrogen-bond acceptors (Lipinski definition) is 16. The van der Waals surface area contributed by atoms with Crippen LogP contribution in [0, 0.1) is 0 Å². The Labute approximate surface area is 265 Å². The van der Waals surface area contributed by atoms with E-state index in [1.165, 1.54) is 12.1 Å². The first-order valence-electron chi connectivity index (χ1n) is 12.0. The molecule has 0 unspecified atom stereocenters. The highest BCUT2D eigenvalue weighted by Crippen LogP contribution is 2.48. The predicted molar refractivity (Wildman–Crippen MR) is 161 cm³/mol. The molecule has 0 radical (unpaired) electrons. The van der Waals surface area contributed by atoms with Crippen molar-refractivity contribution in [2.75, 3.05) is 18.6 Å². The first-order valence-corrected chi connectivity index (χ1v) is 17.7. The lowest BCUT2D eigenvalue weighted by Gasteiger charge is -2.14. The van der Waals surface area contributed by atoms with Crippen LogP contribution in [0.4, 0.5) is 34.1 Å². The summed E-state index contributed by atoms with van der Waals surface area (Å²) in [6.45, 7) is 0. The summed E-state index contributed by atoms with van der Waals surface area (Å²) in [6, 6.07) is 7.23. The maximum absolute atomic E-state index is 12.3. The average Bonchev–Trinajstić information content (AvgIpc) is 2.94. The number of nitrogen functional groups attached to an aromatic ring is 2. The van der Waals surface area contributed by atoms with Crippen molar-refractivity contribution >= 4 is 85.4 Å². The van der Waals surface area contributed by atoms with Gasteiger partial charge in [-0.15, -0.1) is 20.5 Å². The Hall–Kier alpha value is -4.82. The van der Waals surface area contributed by atoms with Gasteiger partial charge in [0.2, 0.25) is 0 Å². The van der Waals surface area contributed by atoms with Crippen molar-refractivity contribution in [1.29, 1.82) is 0 Å². The van der Waals surface area contributed by atoms with Crippen LogP contribution in [0.15, 0.2) is 88.6 Å². The summed E-state index contributed by atoms with van der Waals surface area (Å²) in [5, 5.41) is 24.3. The summed E-state index contributed by atoms with van der Waals surface area (Å²) in [5.41, 5.74) is 7.45. The number of phenolic OH excluding ortho intramolecular Hbond substituents is 1. The molecule has 0 saturated heterocycles. The van der Waals surface area contributed by atoms with E-state index in [1.807, 2.05) is 0 Å². The molecular weight excluding hydrogens is 713 g/mol. The molecule has 4 aromatic carbocycles. The van der Waals surface area contributed by atoms with Crippen LogP contribution in [0.1, 0.15) is 0 Å². The highest BCUT2D eigenvalue weighted by atomic mass is 32.2. The number of aromatic hydroxyl groups is 1. The Kier molecular flexibility index (Phi) is 9.01. The van der Waals surface area contributed by atoms with E-state index < -0.39 is 105 Å². The Bertz CT molecular complexity index is 2480. The van der Waals surface area contributed by atoms with Gasteiger partial charge in [-0.1, -0.05) is 12.1 Å². The smallest absolute Gasteiger partial charge is 0.296 e. The summed E-state index contributed by atoms with van der Waals surface area (Å²) < 4.78 is 140. The number of benzene rings is 4. The molecule has 0 fully saturated rings. The van der Waals surface area contributed by atoms with Crippen molar-refractivity contribution < 1.29 is 61.7 Å². The lowest BCUT2D eigenvalue weighted by Crippen LogP contribution is -2.04. The quantitative estimate of drug-likeness (QED) is 0.0734. The van der Waals surface area contributed by atoms with Gasteiger partial charge in [0.1, 0.15) is 48.1 Å². The Morgan fingerprint density at radius 3 is 1.64 bits per heavy atom. The van der Waals surface area contributed by atoms with Crippen molar-refractivity contribution in [3.05, 3.63) is 48.5 Å². The van der Waals surface area contributed by atoms with Crippen LogP contribution in [0.2, 0.25) is 0 Å². The van der Waals surface area contributed by atoms with E-state index in [-0.39, 0.29) is 11.4 Å². The zero-order valence-electron chi connectivity index (χ0n) is 23.1. The molecule has 4 rings (SSSR count). The monoisotopic (exact) mass is 732 g/mol. The maximum Gasteiger partial charge on any atom is 0.296 e. The summed E-state index contributed by atoms with van der Waals surface area (Å²) in [7, 11) is -19.4. The first-order chi connectivity index (χ1) is 21.6. The summed E-state index contributed by atoms with van der Waals surface area (Å²) >= 11 is 0. The van der Waals surface area contributed by atoms with Gasteiger partial charge >= 0.3 is 0 Å². The Morgan fingerprint density at radius 1 is 0.617 bits per heavy atom. The maximum atomic E-state index is 12.3. The third-order valence-electron chi connectivity index (χ3n) is 6.12. The summed E-state index contributed by atoms with van der Waals surface area (Å²) in [6.07, 6.45) is 0. The predicted octanol–water partition coefficient (Wildman–Crippen LogP) is 3.54. The average molecular weight is 733 g/mol. The zero-order valence-corrected chi connectivity index (χ0v) is 26.4. The molecule has 0 atom stereocenters. The van der Waals surface area contributed by atoms with Crippen LogP contribution in [0.5, 0.6) is 11.5 Å². The van der Waals surface area contributed by atoms with Crippen molar-refractivity contribution in [2.45, 2.75) is 19.6 Å². The molecule has 47 heavy (non-hydrogen) atoms. The minimum Gasteiger partial charge on any atom is -0.505 e. The van der Waals surface area contributed by atoms with E-state index in [2.05, 4.69) is 20.5 Å². The van der Waals surface area contributed by atoms with Crippen molar-refractivity contribution in [3.63, 3.8) is 0 Å². The number of nitrogens with zero attached hydrogens (tertiary/aromatic N) is 4. The second-order valence-corrected chi connectivity index (χ2v) is 14.7. The molecule has 250 valence electrons. The minimum atomic E-state index is -5.35. The Morgan fingerprint density at radius 2 is 1.11 bits per heavy atom. The second-order valence-electron chi connectivity index (χ2n) is 9.14. The lowest BCUT2D eigenvalue weighted by molar-refractivity contribution is 0.416. The Balaban J connectivity index is 2.09. The van der Waals surface area contributed by atoms with E-state index in [0.29, 0.717) is 12.1 Å². The standard InChI is InChI=1S/C23H20N6O14S4/c1-43-14-9-13(16(8-11(14)24)45(34,35)36)27-29-22-18(47(40,41)42)7-10-6-17(46(37,38)39)21(20(25)19(10)23(22)30)28-26-12-4-2-3-5-15(12)44(31,32)33/h2-9,30H,24-25H2,1H3,(H,31,32,33)(H,34,35,36)(H,37,38,39)(H,40,41,42). The van der Waals surface area contributed by atoms with E-state index in [1.54, 1.807) is 0 Å². The number of methoxy groups -OCH3 is 1. The van der Waals surface area contributed by atoms with Crippen LogP contribution in [0.25, 0.3) is 10.8 Å². The van der Waals surface area contributed by atoms with Gasteiger partial charge in [-0.3, -0.25) is 18.2 Å². The number of hydrogen-bond donors (Lipinski definition) is 7. The molecule has 4 aromatic rings. The van der Waals surface area contributed by atoms with Gasteiger partial charge in [0.05, 0.1) is 23.9 Å². The fourth-order valence-corrected chi connectivity index (χ4v) is 6.69. The number of rotatable bonds is 9. The third-order valence-corrected chi connectivity index (χ3v) is 9.64. The number of anilines is 2. The van der Waals surface area contributed by atoms with Crippen LogP contribution >= 0.6 is 0 Å². The van der Waals surface area contributed by atoms with E-state index in [0.717, 1.165) is 31.4 Å².